The van der Waals surface area contributed by atoms with E-state index in [1.807, 2.05) is 0 Å². The molecule has 3 heteroatoms. The number of aldehydes is 1. The van der Waals surface area contributed by atoms with Gasteiger partial charge in [0.2, 0.25) is 0 Å². The Morgan fingerprint density at radius 1 is 1.50 bits per heavy atom. The molecule has 0 unspecified atom stereocenters. The molecule has 12 heavy (non-hydrogen) atoms. The van der Waals surface area contributed by atoms with Gasteiger partial charge in [0.1, 0.15) is 12.1 Å². The van der Waals surface area contributed by atoms with E-state index >= 15 is 0 Å². The molecule has 64 valence electrons. The zero-order valence-corrected chi connectivity index (χ0v) is 6.66. The van der Waals surface area contributed by atoms with Crippen LogP contribution in [0, 0.1) is 5.82 Å². The van der Waals surface area contributed by atoms with E-state index in [1.54, 1.807) is 6.07 Å². The molecule has 2 nitrogen and oxygen atoms in total. The molecule has 0 fully saturated rings. The number of aromatic nitrogens is 1. The summed E-state index contributed by atoms with van der Waals surface area (Å²) in [5.41, 5.74) is 0.832. The first-order chi connectivity index (χ1) is 5.83. The minimum Gasteiger partial charge on any atom is -0.303 e. The molecule has 0 bridgehead atoms. The monoisotopic (exact) mass is 167 g/mol. The number of carbonyl (C=O) groups excluding carboxylic acids is 1. The maximum Gasteiger partial charge on any atom is 0.141 e. The van der Waals surface area contributed by atoms with Crippen LogP contribution in [0.1, 0.15) is 18.5 Å². The summed E-state index contributed by atoms with van der Waals surface area (Å²) in [4.78, 5) is 13.8. The Bertz CT molecular complexity index is 245. The molecule has 0 spiro atoms. The second-order valence-corrected chi connectivity index (χ2v) is 2.53. The molecule has 0 amide bonds. The first-order valence-corrected chi connectivity index (χ1v) is 3.87. The number of aryl methyl sites for hydroxylation is 1. The van der Waals surface area contributed by atoms with E-state index in [9.17, 15) is 9.18 Å². The van der Waals surface area contributed by atoms with Gasteiger partial charge >= 0.3 is 0 Å². The van der Waals surface area contributed by atoms with E-state index in [-0.39, 0.29) is 5.82 Å². The molecule has 0 saturated heterocycles. The summed E-state index contributed by atoms with van der Waals surface area (Å²) in [6.07, 6.45) is 4.12. The maximum atomic E-state index is 12.4. The van der Waals surface area contributed by atoms with Crippen molar-refractivity contribution in [3.8, 4) is 0 Å². The molecule has 0 atom stereocenters. The highest BCUT2D eigenvalue weighted by molar-refractivity contribution is 5.49. The molecule has 1 aromatic rings. The fourth-order valence-corrected chi connectivity index (χ4v) is 0.921. The molecule has 0 radical (unpaired) electrons. The number of unbranched alkanes of at least 4 members (excludes halogenated alkanes) is 1. The van der Waals surface area contributed by atoms with Crippen molar-refractivity contribution in [2.24, 2.45) is 0 Å². The standard InChI is InChI=1S/C9H10FNO/c10-8-4-5-9(11-7-8)3-1-2-6-12/h4-7H,1-3H2. The average Bonchev–Trinajstić information content (AvgIpc) is 2.09. The Morgan fingerprint density at radius 3 is 2.92 bits per heavy atom. The maximum absolute atomic E-state index is 12.4. The van der Waals surface area contributed by atoms with Crippen LogP contribution in [-0.2, 0) is 11.2 Å². The van der Waals surface area contributed by atoms with E-state index in [4.69, 9.17) is 0 Å². The molecule has 0 aliphatic heterocycles. The van der Waals surface area contributed by atoms with Gasteiger partial charge in [0.25, 0.3) is 0 Å². The summed E-state index contributed by atoms with van der Waals surface area (Å²) in [7, 11) is 0. The van der Waals surface area contributed by atoms with Crippen molar-refractivity contribution in [2.45, 2.75) is 19.3 Å². The van der Waals surface area contributed by atoms with Gasteiger partial charge in [0.05, 0.1) is 6.20 Å². The van der Waals surface area contributed by atoms with Crippen LogP contribution in [-0.4, -0.2) is 11.3 Å². The summed E-state index contributed by atoms with van der Waals surface area (Å²) in [6.45, 7) is 0. The van der Waals surface area contributed by atoms with Gasteiger partial charge in [0, 0.05) is 12.1 Å². The van der Waals surface area contributed by atoms with Gasteiger partial charge in [-0.25, -0.2) is 4.39 Å². The van der Waals surface area contributed by atoms with Gasteiger partial charge in [-0.15, -0.1) is 0 Å². The van der Waals surface area contributed by atoms with E-state index in [0.29, 0.717) is 6.42 Å². The second-order valence-electron chi connectivity index (χ2n) is 2.53. The van der Waals surface area contributed by atoms with Gasteiger partial charge in [-0.3, -0.25) is 4.98 Å². The van der Waals surface area contributed by atoms with Gasteiger partial charge in [0.15, 0.2) is 0 Å². The van der Waals surface area contributed by atoms with Crippen LogP contribution in [0.3, 0.4) is 0 Å². The predicted octanol–water partition coefficient (Wildman–Crippen LogP) is 1.74. The van der Waals surface area contributed by atoms with Crippen molar-refractivity contribution in [3.05, 3.63) is 29.8 Å². The van der Waals surface area contributed by atoms with Gasteiger partial charge in [-0.2, -0.15) is 0 Å². The van der Waals surface area contributed by atoms with Crippen molar-refractivity contribution in [1.29, 1.82) is 0 Å². The number of pyridine rings is 1. The van der Waals surface area contributed by atoms with Crippen LogP contribution in [0.4, 0.5) is 4.39 Å². The SMILES string of the molecule is O=CCCCc1ccc(F)cn1. The molecular formula is C9H10FNO. The minimum absolute atomic E-state index is 0.325. The second kappa shape index (κ2) is 4.59. The van der Waals surface area contributed by atoms with E-state index in [1.165, 1.54) is 12.3 Å². The third-order valence-electron chi connectivity index (χ3n) is 1.54. The molecular weight excluding hydrogens is 157 g/mol. The molecule has 0 saturated carbocycles. The summed E-state index contributed by atoms with van der Waals surface area (Å²) in [5, 5.41) is 0. The molecule has 0 aromatic carbocycles. The lowest BCUT2D eigenvalue weighted by Crippen LogP contribution is -1.90. The fourth-order valence-electron chi connectivity index (χ4n) is 0.921. The zero-order valence-electron chi connectivity index (χ0n) is 6.66. The van der Waals surface area contributed by atoms with Crippen molar-refractivity contribution in [1.82, 2.24) is 4.98 Å². The Kier molecular flexibility index (Phi) is 3.38. The smallest absolute Gasteiger partial charge is 0.141 e. The van der Waals surface area contributed by atoms with Crippen molar-refractivity contribution < 1.29 is 9.18 Å². The lowest BCUT2D eigenvalue weighted by atomic mass is 10.2. The van der Waals surface area contributed by atoms with E-state index in [0.717, 1.165) is 24.8 Å². The largest absolute Gasteiger partial charge is 0.303 e. The van der Waals surface area contributed by atoms with Gasteiger partial charge in [-0.1, -0.05) is 0 Å². The topological polar surface area (TPSA) is 30.0 Å². The van der Waals surface area contributed by atoms with Gasteiger partial charge < -0.3 is 4.79 Å². The summed E-state index contributed by atoms with van der Waals surface area (Å²) in [6, 6.07) is 3.02. The number of rotatable bonds is 4. The fraction of sp³-hybridized carbons (Fsp3) is 0.333. The lowest BCUT2D eigenvalue weighted by Gasteiger charge is -1.96. The van der Waals surface area contributed by atoms with Crippen molar-refractivity contribution >= 4 is 6.29 Å². The molecule has 1 heterocycles. The zero-order chi connectivity index (χ0) is 8.81. The number of carbonyl (C=O) groups is 1. The Labute approximate surface area is 70.4 Å². The number of halogens is 1. The Morgan fingerprint density at radius 2 is 2.33 bits per heavy atom. The number of hydrogen-bond acceptors (Lipinski definition) is 2. The van der Waals surface area contributed by atoms with E-state index in [2.05, 4.69) is 4.98 Å². The lowest BCUT2D eigenvalue weighted by molar-refractivity contribution is -0.107. The molecule has 0 N–H and O–H groups in total. The highest BCUT2D eigenvalue weighted by Gasteiger charge is 1.94. The Balaban J connectivity index is 2.42. The highest BCUT2D eigenvalue weighted by atomic mass is 19.1. The van der Waals surface area contributed by atoms with Crippen LogP contribution in [0.2, 0.25) is 0 Å². The Hall–Kier alpha value is -1.25. The van der Waals surface area contributed by atoms with Crippen molar-refractivity contribution in [2.75, 3.05) is 0 Å². The van der Waals surface area contributed by atoms with E-state index < -0.39 is 0 Å². The van der Waals surface area contributed by atoms with Crippen LogP contribution < -0.4 is 0 Å². The van der Waals surface area contributed by atoms with Crippen LogP contribution in [0.25, 0.3) is 0 Å². The summed E-state index contributed by atoms with van der Waals surface area (Å²) >= 11 is 0. The molecule has 0 aliphatic carbocycles. The number of hydrogen-bond donors (Lipinski definition) is 0. The normalized spacial score (nSPS) is 9.75. The van der Waals surface area contributed by atoms with Crippen LogP contribution >= 0.6 is 0 Å². The first-order valence-electron chi connectivity index (χ1n) is 3.87. The minimum atomic E-state index is -0.325. The highest BCUT2D eigenvalue weighted by Crippen LogP contribution is 2.01. The predicted molar refractivity (Wildman–Crippen MR) is 43.2 cm³/mol. The van der Waals surface area contributed by atoms with Crippen molar-refractivity contribution in [3.63, 3.8) is 0 Å². The first kappa shape index (κ1) is 8.84. The third-order valence-corrected chi connectivity index (χ3v) is 1.54. The third kappa shape index (κ3) is 2.78. The average molecular weight is 167 g/mol. The summed E-state index contributed by atoms with van der Waals surface area (Å²) < 4.78 is 12.4. The van der Waals surface area contributed by atoms with Crippen LogP contribution in [0.5, 0.6) is 0 Å². The number of nitrogens with zero attached hydrogens (tertiary/aromatic N) is 1. The molecule has 1 aromatic heterocycles. The quantitative estimate of drug-likeness (QED) is 0.505. The molecule has 0 aliphatic rings. The van der Waals surface area contributed by atoms with Gasteiger partial charge in [-0.05, 0) is 25.0 Å². The molecule has 1 rings (SSSR count). The summed E-state index contributed by atoms with van der Waals surface area (Å²) in [5.74, 6) is -0.325. The van der Waals surface area contributed by atoms with Crippen LogP contribution in [0.15, 0.2) is 18.3 Å².